The largest absolute Gasteiger partial charge is 0.394 e. The second kappa shape index (κ2) is 6.94. The van der Waals surface area contributed by atoms with Crippen molar-refractivity contribution in [1.29, 1.82) is 0 Å². The van der Waals surface area contributed by atoms with Gasteiger partial charge in [-0.15, -0.1) is 5.10 Å². The third-order valence-electron chi connectivity index (χ3n) is 3.69. The lowest BCUT2D eigenvalue weighted by atomic mass is 10.1. The molecule has 6 N–H and O–H groups in total. The first-order valence-corrected chi connectivity index (χ1v) is 7.70. The van der Waals surface area contributed by atoms with E-state index in [-0.39, 0.29) is 11.8 Å². The molecular weight excluding hydrogens is 354 g/mol. The number of aliphatic hydroxyl groups is 3. The number of aromatic nitrogens is 3. The van der Waals surface area contributed by atoms with Crippen LogP contribution in [0.3, 0.4) is 0 Å². The highest BCUT2D eigenvalue weighted by Crippen LogP contribution is 2.30. The fourth-order valence-corrected chi connectivity index (χ4v) is 2.69. The van der Waals surface area contributed by atoms with Gasteiger partial charge < -0.3 is 31.1 Å². The van der Waals surface area contributed by atoms with Crippen molar-refractivity contribution in [2.45, 2.75) is 24.5 Å². The summed E-state index contributed by atoms with van der Waals surface area (Å²) in [5.41, 5.74) is 5.87. The molecule has 134 valence electrons. The lowest BCUT2D eigenvalue weighted by molar-refractivity contribution is -0.0594. The molecule has 0 bridgehead atoms. The summed E-state index contributed by atoms with van der Waals surface area (Å²) in [5, 5.41) is 36.5. The Balaban J connectivity index is 1.92. The fourth-order valence-electron chi connectivity index (χ4n) is 2.50. The molecule has 2 heterocycles. The van der Waals surface area contributed by atoms with Gasteiger partial charge in [0.25, 0.3) is 5.91 Å². The molecule has 1 fully saturated rings. The first kappa shape index (κ1) is 17.6. The SMILES string of the molecule is NC(=O)c1nc(Nc2cccc(Cl)c2)nn1[C@@H]1O[C@H](CO)[C@@H](O)[C@H]1O. The van der Waals surface area contributed by atoms with Crippen molar-refractivity contribution in [2.75, 3.05) is 11.9 Å². The molecule has 1 amide bonds. The number of carbonyl (C=O) groups is 1. The summed E-state index contributed by atoms with van der Waals surface area (Å²) in [7, 11) is 0. The van der Waals surface area contributed by atoms with Crippen LogP contribution in [-0.4, -0.2) is 60.9 Å². The van der Waals surface area contributed by atoms with Crippen LogP contribution in [0.25, 0.3) is 0 Å². The number of ether oxygens (including phenoxy) is 1. The van der Waals surface area contributed by atoms with E-state index >= 15 is 0 Å². The number of halogens is 1. The molecule has 0 radical (unpaired) electrons. The third-order valence-corrected chi connectivity index (χ3v) is 3.93. The van der Waals surface area contributed by atoms with Crippen LogP contribution in [-0.2, 0) is 4.74 Å². The number of aliphatic hydroxyl groups excluding tert-OH is 3. The highest BCUT2D eigenvalue weighted by atomic mass is 35.5. The number of hydrogen-bond acceptors (Lipinski definition) is 8. The first-order chi connectivity index (χ1) is 11.9. The number of nitrogens with two attached hydrogens (primary N) is 1. The van der Waals surface area contributed by atoms with E-state index in [0.717, 1.165) is 4.68 Å². The van der Waals surface area contributed by atoms with Crippen molar-refractivity contribution in [3.63, 3.8) is 0 Å². The Bertz CT molecular complexity index is 785. The maximum Gasteiger partial charge on any atom is 0.286 e. The van der Waals surface area contributed by atoms with Crippen molar-refractivity contribution >= 4 is 29.1 Å². The number of nitrogens with one attached hydrogen (secondary N) is 1. The molecule has 1 aliphatic rings. The van der Waals surface area contributed by atoms with Crippen LogP contribution in [0.15, 0.2) is 24.3 Å². The third kappa shape index (κ3) is 3.43. The number of hydrogen-bond donors (Lipinski definition) is 5. The minimum absolute atomic E-state index is 0.0220. The average molecular weight is 370 g/mol. The Kier molecular flexibility index (Phi) is 4.88. The second-order valence-corrected chi connectivity index (χ2v) is 5.87. The Hall–Kier alpha value is -2.24. The molecule has 1 aliphatic heterocycles. The number of amides is 1. The van der Waals surface area contributed by atoms with Gasteiger partial charge in [-0.05, 0) is 18.2 Å². The van der Waals surface area contributed by atoms with Crippen LogP contribution in [0.2, 0.25) is 5.02 Å². The molecule has 0 saturated carbocycles. The number of rotatable bonds is 5. The number of anilines is 2. The summed E-state index contributed by atoms with van der Waals surface area (Å²) < 4.78 is 6.32. The highest BCUT2D eigenvalue weighted by molar-refractivity contribution is 6.30. The Morgan fingerprint density at radius 2 is 2.16 bits per heavy atom. The predicted molar refractivity (Wildman–Crippen MR) is 86.3 cm³/mol. The van der Waals surface area contributed by atoms with Gasteiger partial charge in [-0.25, -0.2) is 4.68 Å². The smallest absolute Gasteiger partial charge is 0.286 e. The quantitative estimate of drug-likeness (QED) is 0.467. The maximum absolute atomic E-state index is 11.6. The zero-order valence-electron chi connectivity index (χ0n) is 12.8. The predicted octanol–water partition coefficient (Wildman–Crippen LogP) is -0.615. The molecule has 1 aromatic heterocycles. The van der Waals surface area contributed by atoms with Gasteiger partial charge in [-0.1, -0.05) is 17.7 Å². The van der Waals surface area contributed by atoms with Gasteiger partial charge in [0.05, 0.1) is 6.61 Å². The van der Waals surface area contributed by atoms with Crippen molar-refractivity contribution < 1.29 is 24.9 Å². The molecule has 0 aliphatic carbocycles. The topological polar surface area (TPSA) is 156 Å². The van der Waals surface area contributed by atoms with Crippen LogP contribution in [0.5, 0.6) is 0 Å². The molecule has 11 heteroatoms. The molecule has 1 saturated heterocycles. The first-order valence-electron chi connectivity index (χ1n) is 7.32. The van der Waals surface area contributed by atoms with Gasteiger partial charge in [0, 0.05) is 10.7 Å². The highest BCUT2D eigenvalue weighted by Gasteiger charge is 2.45. The van der Waals surface area contributed by atoms with Crippen molar-refractivity contribution in [3.8, 4) is 0 Å². The van der Waals surface area contributed by atoms with E-state index in [0.29, 0.717) is 10.7 Å². The van der Waals surface area contributed by atoms with E-state index in [1.807, 2.05) is 0 Å². The van der Waals surface area contributed by atoms with Crippen LogP contribution in [0.1, 0.15) is 16.8 Å². The van der Waals surface area contributed by atoms with Crippen molar-refractivity contribution in [1.82, 2.24) is 14.8 Å². The summed E-state index contributed by atoms with van der Waals surface area (Å²) >= 11 is 5.90. The van der Waals surface area contributed by atoms with Gasteiger partial charge in [-0.2, -0.15) is 4.98 Å². The van der Waals surface area contributed by atoms with Crippen LogP contribution < -0.4 is 11.1 Å². The maximum atomic E-state index is 11.6. The van der Waals surface area contributed by atoms with E-state index in [1.165, 1.54) is 0 Å². The van der Waals surface area contributed by atoms with Gasteiger partial charge in [0.15, 0.2) is 6.23 Å². The zero-order valence-corrected chi connectivity index (χ0v) is 13.5. The van der Waals surface area contributed by atoms with Gasteiger partial charge in [0.2, 0.25) is 11.8 Å². The van der Waals surface area contributed by atoms with E-state index in [9.17, 15) is 15.0 Å². The zero-order chi connectivity index (χ0) is 18.1. The molecule has 3 rings (SSSR count). The summed E-state index contributed by atoms with van der Waals surface area (Å²) in [5.74, 6) is -1.16. The van der Waals surface area contributed by atoms with E-state index < -0.39 is 37.1 Å². The number of carbonyl (C=O) groups excluding carboxylic acids is 1. The summed E-state index contributed by atoms with van der Waals surface area (Å²) in [6.07, 6.45) is -5.01. The fraction of sp³-hybridized carbons (Fsp3) is 0.357. The van der Waals surface area contributed by atoms with Gasteiger partial charge >= 0.3 is 0 Å². The lowest BCUT2D eigenvalue weighted by Crippen LogP contribution is -2.34. The van der Waals surface area contributed by atoms with Crippen LogP contribution in [0, 0.1) is 0 Å². The van der Waals surface area contributed by atoms with E-state index in [1.54, 1.807) is 24.3 Å². The Labute approximate surface area is 146 Å². The van der Waals surface area contributed by atoms with Crippen LogP contribution in [0.4, 0.5) is 11.6 Å². The van der Waals surface area contributed by atoms with Crippen LogP contribution >= 0.6 is 11.6 Å². The summed E-state index contributed by atoms with van der Waals surface area (Å²) in [6.45, 7) is -0.511. The minimum atomic E-state index is -1.42. The normalized spacial score (nSPS) is 25.9. The van der Waals surface area contributed by atoms with Crippen molar-refractivity contribution in [2.24, 2.45) is 5.73 Å². The molecule has 10 nitrogen and oxygen atoms in total. The number of nitrogens with zero attached hydrogens (tertiary/aromatic N) is 3. The second-order valence-electron chi connectivity index (χ2n) is 5.43. The van der Waals surface area contributed by atoms with E-state index in [2.05, 4.69) is 15.4 Å². The minimum Gasteiger partial charge on any atom is -0.394 e. The molecule has 25 heavy (non-hydrogen) atoms. The average Bonchev–Trinajstić information content (AvgIpc) is 3.10. The standard InChI is InChI=1S/C14H16ClN5O5/c15-6-2-1-3-7(4-6)17-14-18-12(11(16)24)20(19-14)13-10(23)9(22)8(5-21)25-13/h1-4,8-10,13,21-23H,5H2,(H2,16,24)(H,17,19)/t8-,9-,10-,13-/m1/s1. The monoisotopic (exact) mass is 369 g/mol. The molecule has 0 spiro atoms. The summed E-state index contributed by atoms with van der Waals surface area (Å²) in [6, 6.07) is 6.73. The Morgan fingerprint density at radius 3 is 2.76 bits per heavy atom. The number of primary amides is 1. The summed E-state index contributed by atoms with van der Waals surface area (Å²) in [4.78, 5) is 15.6. The number of benzene rings is 1. The molecule has 0 unspecified atom stereocenters. The lowest BCUT2D eigenvalue weighted by Gasteiger charge is -2.15. The molecule has 1 aromatic carbocycles. The Morgan fingerprint density at radius 1 is 1.40 bits per heavy atom. The molecule has 4 atom stereocenters. The molecule has 2 aromatic rings. The van der Waals surface area contributed by atoms with Crippen molar-refractivity contribution in [3.05, 3.63) is 35.1 Å². The van der Waals surface area contributed by atoms with E-state index in [4.69, 9.17) is 27.2 Å². The van der Waals surface area contributed by atoms with Gasteiger partial charge in [0.1, 0.15) is 18.3 Å². The van der Waals surface area contributed by atoms with Gasteiger partial charge in [-0.3, -0.25) is 4.79 Å². The molecular formula is C14H16ClN5O5.